The van der Waals surface area contributed by atoms with Crippen LogP contribution in [0.3, 0.4) is 0 Å². The summed E-state index contributed by atoms with van der Waals surface area (Å²) in [5.74, 6) is 0. The fraction of sp³-hybridized carbons (Fsp3) is 0.455. The van der Waals surface area contributed by atoms with E-state index < -0.39 is 10.0 Å². The first-order valence-electron chi connectivity index (χ1n) is 5.26. The average molecular weight is 240 g/mol. The van der Waals surface area contributed by atoms with Gasteiger partial charge in [0, 0.05) is 6.54 Å². The van der Waals surface area contributed by atoms with Gasteiger partial charge in [-0.3, -0.25) is 0 Å². The maximum absolute atomic E-state index is 11.3. The highest BCUT2D eigenvalue weighted by atomic mass is 32.2. The zero-order valence-electron chi connectivity index (χ0n) is 9.23. The SMILES string of the molecule is CC1(CNc2ccccc2S(N)(=O)=O)CC1. The second kappa shape index (κ2) is 3.75. The van der Waals surface area contributed by atoms with Gasteiger partial charge in [0.1, 0.15) is 4.90 Å². The minimum atomic E-state index is -3.64. The lowest BCUT2D eigenvalue weighted by molar-refractivity contribution is 0.595. The Bertz CT molecular complexity index is 492. The summed E-state index contributed by atoms with van der Waals surface area (Å²) in [6.45, 7) is 2.97. The molecule has 0 atom stereocenters. The predicted molar refractivity (Wildman–Crippen MR) is 63.6 cm³/mol. The summed E-state index contributed by atoms with van der Waals surface area (Å²) in [6.07, 6.45) is 2.38. The number of hydrogen-bond acceptors (Lipinski definition) is 3. The molecule has 88 valence electrons. The Hall–Kier alpha value is -1.07. The molecule has 1 aromatic rings. The molecule has 0 unspecified atom stereocenters. The zero-order valence-corrected chi connectivity index (χ0v) is 10.0. The molecule has 0 spiro atoms. The number of nitrogens with one attached hydrogen (secondary N) is 1. The van der Waals surface area contributed by atoms with Gasteiger partial charge in [0.25, 0.3) is 0 Å². The number of benzene rings is 1. The molecule has 0 amide bonds. The standard InChI is InChI=1S/C11H16N2O2S/c1-11(6-7-11)8-13-9-4-2-3-5-10(9)16(12,14)15/h2-5,13H,6-8H2,1H3,(H2,12,14,15). The normalized spacial score (nSPS) is 18.1. The quantitative estimate of drug-likeness (QED) is 0.838. The Morgan fingerprint density at radius 3 is 2.56 bits per heavy atom. The van der Waals surface area contributed by atoms with Gasteiger partial charge in [-0.2, -0.15) is 0 Å². The first-order chi connectivity index (χ1) is 7.41. The van der Waals surface area contributed by atoms with Crippen LogP contribution in [0.1, 0.15) is 19.8 Å². The van der Waals surface area contributed by atoms with E-state index in [1.165, 1.54) is 18.9 Å². The third kappa shape index (κ3) is 2.54. The topological polar surface area (TPSA) is 72.2 Å². The average Bonchev–Trinajstić information content (AvgIpc) is 2.94. The Labute approximate surface area is 95.9 Å². The van der Waals surface area contributed by atoms with Crippen LogP contribution in [0.5, 0.6) is 0 Å². The van der Waals surface area contributed by atoms with Crippen LogP contribution in [0.2, 0.25) is 0 Å². The third-order valence-corrected chi connectivity index (χ3v) is 3.97. The van der Waals surface area contributed by atoms with Crippen molar-refractivity contribution in [1.82, 2.24) is 0 Å². The summed E-state index contributed by atoms with van der Waals surface area (Å²) in [7, 11) is -3.64. The summed E-state index contributed by atoms with van der Waals surface area (Å²) < 4.78 is 22.7. The molecule has 0 radical (unpaired) electrons. The van der Waals surface area contributed by atoms with Gasteiger partial charge in [-0.15, -0.1) is 0 Å². The van der Waals surface area contributed by atoms with Crippen molar-refractivity contribution in [2.45, 2.75) is 24.7 Å². The van der Waals surface area contributed by atoms with Crippen LogP contribution in [-0.4, -0.2) is 15.0 Å². The molecule has 1 aromatic carbocycles. The molecule has 3 N–H and O–H groups in total. The van der Waals surface area contributed by atoms with Gasteiger partial charge in [0.05, 0.1) is 5.69 Å². The van der Waals surface area contributed by atoms with E-state index in [0.717, 1.165) is 6.54 Å². The van der Waals surface area contributed by atoms with Crippen molar-refractivity contribution >= 4 is 15.7 Å². The van der Waals surface area contributed by atoms with Crippen LogP contribution < -0.4 is 10.5 Å². The summed E-state index contributed by atoms with van der Waals surface area (Å²) in [6, 6.07) is 6.73. The number of anilines is 1. The fourth-order valence-corrected chi connectivity index (χ4v) is 2.27. The van der Waals surface area contributed by atoms with E-state index in [0.29, 0.717) is 11.1 Å². The van der Waals surface area contributed by atoms with Crippen LogP contribution in [0, 0.1) is 5.41 Å². The Kier molecular flexibility index (Phi) is 2.67. The number of rotatable bonds is 4. The molecule has 0 aromatic heterocycles. The molecule has 0 aliphatic heterocycles. The summed E-state index contributed by atoms with van der Waals surface area (Å²) >= 11 is 0. The monoisotopic (exact) mass is 240 g/mol. The Balaban J connectivity index is 2.20. The molecule has 0 bridgehead atoms. The van der Waals surface area contributed by atoms with Gasteiger partial charge in [-0.1, -0.05) is 19.1 Å². The van der Waals surface area contributed by atoms with Crippen molar-refractivity contribution in [3.05, 3.63) is 24.3 Å². The zero-order chi connectivity index (χ0) is 11.8. The van der Waals surface area contributed by atoms with E-state index in [9.17, 15) is 8.42 Å². The van der Waals surface area contributed by atoms with E-state index >= 15 is 0 Å². The first-order valence-corrected chi connectivity index (χ1v) is 6.81. The highest BCUT2D eigenvalue weighted by Gasteiger charge is 2.36. The second-order valence-corrected chi connectivity index (χ2v) is 6.24. The van der Waals surface area contributed by atoms with Gasteiger partial charge >= 0.3 is 0 Å². The molecule has 0 saturated heterocycles. The molecule has 16 heavy (non-hydrogen) atoms. The number of primary sulfonamides is 1. The fourth-order valence-electron chi connectivity index (χ4n) is 1.56. The lowest BCUT2D eigenvalue weighted by Gasteiger charge is -2.13. The van der Waals surface area contributed by atoms with Crippen LogP contribution in [0.25, 0.3) is 0 Å². The minimum Gasteiger partial charge on any atom is -0.383 e. The molecule has 5 heteroatoms. The van der Waals surface area contributed by atoms with Crippen molar-refractivity contribution in [3.63, 3.8) is 0 Å². The second-order valence-electron chi connectivity index (χ2n) is 4.71. The molecular weight excluding hydrogens is 224 g/mol. The van der Waals surface area contributed by atoms with Gasteiger partial charge in [-0.05, 0) is 30.4 Å². The van der Waals surface area contributed by atoms with E-state index in [2.05, 4.69) is 12.2 Å². The van der Waals surface area contributed by atoms with E-state index in [1.807, 2.05) is 0 Å². The first kappa shape index (κ1) is 11.4. The number of nitrogens with two attached hydrogens (primary N) is 1. The number of sulfonamides is 1. The number of para-hydroxylation sites is 1. The Morgan fingerprint density at radius 2 is 2.00 bits per heavy atom. The minimum absolute atomic E-state index is 0.166. The molecular formula is C11H16N2O2S. The summed E-state index contributed by atoms with van der Waals surface area (Å²) in [4.78, 5) is 0.166. The molecule has 1 aliphatic carbocycles. The van der Waals surface area contributed by atoms with Gasteiger partial charge < -0.3 is 5.32 Å². The van der Waals surface area contributed by atoms with Gasteiger partial charge in [0.15, 0.2) is 0 Å². The predicted octanol–water partition coefficient (Wildman–Crippen LogP) is 1.55. The number of hydrogen-bond donors (Lipinski definition) is 2. The van der Waals surface area contributed by atoms with Crippen LogP contribution in [0.4, 0.5) is 5.69 Å². The van der Waals surface area contributed by atoms with E-state index in [-0.39, 0.29) is 4.90 Å². The van der Waals surface area contributed by atoms with Crippen LogP contribution >= 0.6 is 0 Å². The maximum atomic E-state index is 11.3. The van der Waals surface area contributed by atoms with Crippen LogP contribution in [0.15, 0.2) is 29.2 Å². The lowest BCUT2D eigenvalue weighted by Crippen LogP contribution is -2.17. The van der Waals surface area contributed by atoms with Crippen molar-refractivity contribution in [1.29, 1.82) is 0 Å². The third-order valence-electron chi connectivity index (χ3n) is 3.00. The largest absolute Gasteiger partial charge is 0.383 e. The van der Waals surface area contributed by atoms with Gasteiger partial charge in [-0.25, -0.2) is 13.6 Å². The van der Waals surface area contributed by atoms with Crippen molar-refractivity contribution in [2.75, 3.05) is 11.9 Å². The molecule has 2 rings (SSSR count). The highest BCUT2D eigenvalue weighted by Crippen LogP contribution is 2.44. The van der Waals surface area contributed by atoms with E-state index in [1.54, 1.807) is 18.2 Å². The van der Waals surface area contributed by atoms with Crippen molar-refractivity contribution < 1.29 is 8.42 Å². The van der Waals surface area contributed by atoms with Crippen molar-refractivity contribution in [2.24, 2.45) is 10.6 Å². The summed E-state index contributed by atoms with van der Waals surface area (Å²) in [5.41, 5.74) is 0.920. The summed E-state index contributed by atoms with van der Waals surface area (Å²) in [5, 5.41) is 8.31. The van der Waals surface area contributed by atoms with E-state index in [4.69, 9.17) is 5.14 Å². The van der Waals surface area contributed by atoms with Gasteiger partial charge in [0.2, 0.25) is 10.0 Å². The van der Waals surface area contributed by atoms with Crippen molar-refractivity contribution in [3.8, 4) is 0 Å². The lowest BCUT2D eigenvalue weighted by atomic mass is 10.1. The van der Waals surface area contributed by atoms with Crippen LogP contribution in [-0.2, 0) is 10.0 Å². The molecule has 1 aliphatic rings. The Morgan fingerprint density at radius 1 is 1.38 bits per heavy atom. The molecule has 1 fully saturated rings. The molecule has 1 saturated carbocycles. The highest BCUT2D eigenvalue weighted by molar-refractivity contribution is 7.89. The smallest absolute Gasteiger partial charge is 0.240 e. The maximum Gasteiger partial charge on any atom is 0.240 e. The molecule has 4 nitrogen and oxygen atoms in total. The molecule has 0 heterocycles.